The molecule has 1 fully saturated rings. The third kappa shape index (κ3) is 5.38. The van der Waals surface area contributed by atoms with E-state index in [2.05, 4.69) is 39.0 Å². The van der Waals surface area contributed by atoms with E-state index < -0.39 is 5.97 Å². The van der Waals surface area contributed by atoms with E-state index >= 15 is 0 Å². The molecule has 7 heteroatoms. The highest BCUT2D eigenvalue weighted by molar-refractivity contribution is 6.08. The second kappa shape index (κ2) is 10.7. The molecular formula is C26H28N4O3. The zero-order chi connectivity index (χ0) is 23.0. The highest BCUT2D eigenvalue weighted by Gasteiger charge is 2.25. The molecule has 170 valence electrons. The normalized spacial score (nSPS) is 14.0. The first-order chi connectivity index (χ1) is 16.2. The van der Waals surface area contributed by atoms with Crippen LogP contribution in [0.4, 0.5) is 11.4 Å². The summed E-state index contributed by atoms with van der Waals surface area (Å²) in [5.74, 6) is -0.712. The zero-order valence-corrected chi connectivity index (χ0v) is 18.8. The molecule has 33 heavy (non-hydrogen) atoms. The molecule has 1 aromatic heterocycles. The van der Waals surface area contributed by atoms with Crippen LogP contribution >= 0.6 is 0 Å². The zero-order valence-electron chi connectivity index (χ0n) is 18.8. The average Bonchev–Trinajstić information content (AvgIpc) is 2.90. The Morgan fingerprint density at radius 3 is 2.30 bits per heavy atom. The van der Waals surface area contributed by atoms with Crippen LogP contribution in [0.3, 0.4) is 0 Å². The summed E-state index contributed by atoms with van der Waals surface area (Å²) in [6.45, 7) is 4.79. The summed E-state index contributed by atoms with van der Waals surface area (Å²) in [5, 5.41) is 0. The molecule has 0 radical (unpaired) electrons. The first-order valence-electron chi connectivity index (χ1n) is 11.1. The standard InChI is InChI=1S/C26H28N4O3/c1-33-26(32)22-11-5-6-13-24(22)30(25(31)23-12-7-8-14-27-23)20-17-28-15-18-29(19-16-28)21-9-3-2-4-10-21/h2-14H,15-20H2,1H3. The van der Waals surface area contributed by atoms with Gasteiger partial charge in [-0.05, 0) is 36.4 Å². The fourth-order valence-corrected chi connectivity index (χ4v) is 4.06. The Hall–Kier alpha value is -3.71. The summed E-state index contributed by atoms with van der Waals surface area (Å²) in [4.78, 5) is 36.4. The first-order valence-corrected chi connectivity index (χ1v) is 11.1. The van der Waals surface area contributed by atoms with Gasteiger partial charge in [0.1, 0.15) is 5.69 Å². The number of piperazine rings is 1. The average molecular weight is 445 g/mol. The van der Waals surface area contributed by atoms with Crippen LogP contribution in [0.2, 0.25) is 0 Å². The molecular weight excluding hydrogens is 416 g/mol. The van der Waals surface area contributed by atoms with Crippen LogP contribution in [0.25, 0.3) is 0 Å². The quantitative estimate of drug-likeness (QED) is 0.521. The van der Waals surface area contributed by atoms with Gasteiger partial charge in [0, 0.05) is 51.2 Å². The summed E-state index contributed by atoms with van der Waals surface area (Å²) in [6.07, 6.45) is 1.60. The molecule has 2 heterocycles. The molecule has 1 amide bonds. The van der Waals surface area contributed by atoms with Crippen molar-refractivity contribution in [3.63, 3.8) is 0 Å². The summed E-state index contributed by atoms with van der Waals surface area (Å²) in [7, 11) is 1.34. The largest absolute Gasteiger partial charge is 0.465 e. The Bertz CT molecular complexity index is 1070. The SMILES string of the molecule is COC(=O)c1ccccc1N(CCN1CCN(c2ccccc2)CC1)C(=O)c1ccccn1. The number of rotatable bonds is 7. The molecule has 1 saturated heterocycles. The Balaban J connectivity index is 1.50. The Morgan fingerprint density at radius 1 is 0.909 bits per heavy atom. The Labute approximate surface area is 194 Å². The van der Waals surface area contributed by atoms with Crippen molar-refractivity contribution in [2.45, 2.75) is 0 Å². The van der Waals surface area contributed by atoms with Gasteiger partial charge in [-0.2, -0.15) is 0 Å². The monoisotopic (exact) mass is 444 g/mol. The number of para-hydroxylation sites is 2. The van der Waals surface area contributed by atoms with Crippen LogP contribution < -0.4 is 9.80 Å². The van der Waals surface area contributed by atoms with Crippen molar-refractivity contribution >= 4 is 23.3 Å². The fraction of sp³-hybridized carbons (Fsp3) is 0.269. The van der Waals surface area contributed by atoms with Gasteiger partial charge >= 0.3 is 5.97 Å². The van der Waals surface area contributed by atoms with Crippen molar-refractivity contribution in [1.29, 1.82) is 0 Å². The van der Waals surface area contributed by atoms with E-state index in [9.17, 15) is 9.59 Å². The molecule has 0 spiro atoms. The number of ether oxygens (including phenoxy) is 1. The van der Waals surface area contributed by atoms with Gasteiger partial charge in [-0.1, -0.05) is 36.4 Å². The van der Waals surface area contributed by atoms with Gasteiger partial charge in [-0.25, -0.2) is 4.79 Å². The van der Waals surface area contributed by atoms with Gasteiger partial charge in [0.05, 0.1) is 18.4 Å². The number of carbonyl (C=O) groups is 2. The predicted octanol–water partition coefficient (Wildman–Crippen LogP) is 3.34. The number of esters is 1. The van der Waals surface area contributed by atoms with Crippen molar-refractivity contribution < 1.29 is 14.3 Å². The highest BCUT2D eigenvalue weighted by atomic mass is 16.5. The number of hydrogen-bond acceptors (Lipinski definition) is 6. The maximum Gasteiger partial charge on any atom is 0.339 e. The lowest BCUT2D eigenvalue weighted by Crippen LogP contribution is -2.49. The van der Waals surface area contributed by atoms with Gasteiger partial charge in [0.2, 0.25) is 0 Å². The number of amides is 1. The molecule has 1 aliphatic heterocycles. The van der Waals surface area contributed by atoms with Crippen LogP contribution in [-0.2, 0) is 4.74 Å². The molecule has 0 atom stereocenters. The van der Waals surface area contributed by atoms with E-state index in [1.165, 1.54) is 12.8 Å². The number of nitrogens with zero attached hydrogens (tertiary/aromatic N) is 4. The Kier molecular flexibility index (Phi) is 7.32. The van der Waals surface area contributed by atoms with Gasteiger partial charge in [-0.15, -0.1) is 0 Å². The summed E-state index contributed by atoms with van der Waals surface area (Å²) in [6, 6.07) is 22.7. The number of pyridine rings is 1. The van der Waals surface area contributed by atoms with E-state index in [-0.39, 0.29) is 5.91 Å². The maximum atomic E-state index is 13.4. The minimum absolute atomic E-state index is 0.241. The third-order valence-corrected chi connectivity index (χ3v) is 5.86. The van der Waals surface area contributed by atoms with Crippen LogP contribution in [0.1, 0.15) is 20.8 Å². The van der Waals surface area contributed by atoms with E-state index in [1.807, 2.05) is 12.1 Å². The second-order valence-electron chi connectivity index (χ2n) is 7.84. The molecule has 0 N–H and O–H groups in total. The molecule has 1 aliphatic rings. The van der Waals surface area contributed by atoms with Crippen LogP contribution in [0, 0.1) is 0 Å². The lowest BCUT2D eigenvalue weighted by Gasteiger charge is -2.37. The minimum atomic E-state index is -0.471. The summed E-state index contributed by atoms with van der Waals surface area (Å²) in [5.41, 5.74) is 2.46. The van der Waals surface area contributed by atoms with Crippen molar-refractivity contribution in [2.24, 2.45) is 0 Å². The van der Waals surface area contributed by atoms with Crippen molar-refractivity contribution in [3.05, 3.63) is 90.3 Å². The number of aromatic nitrogens is 1. The number of anilines is 2. The van der Waals surface area contributed by atoms with Gasteiger partial charge in [0.25, 0.3) is 5.91 Å². The number of benzene rings is 2. The van der Waals surface area contributed by atoms with E-state index in [0.717, 1.165) is 26.2 Å². The summed E-state index contributed by atoms with van der Waals surface area (Å²) < 4.78 is 4.95. The van der Waals surface area contributed by atoms with E-state index in [4.69, 9.17) is 4.74 Å². The molecule has 4 rings (SSSR count). The molecule has 3 aromatic rings. The van der Waals surface area contributed by atoms with Crippen molar-refractivity contribution in [1.82, 2.24) is 9.88 Å². The number of carbonyl (C=O) groups excluding carboxylic acids is 2. The van der Waals surface area contributed by atoms with Crippen LogP contribution in [0.5, 0.6) is 0 Å². The molecule has 0 bridgehead atoms. The van der Waals surface area contributed by atoms with Gasteiger partial charge in [-0.3, -0.25) is 14.7 Å². The molecule has 2 aromatic carbocycles. The van der Waals surface area contributed by atoms with Gasteiger partial charge < -0.3 is 14.5 Å². The fourth-order valence-electron chi connectivity index (χ4n) is 4.06. The predicted molar refractivity (Wildman–Crippen MR) is 129 cm³/mol. The number of hydrogen-bond donors (Lipinski definition) is 0. The van der Waals surface area contributed by atoms with Crippen molar-refractivity contribution in [3.8, 4) is 0 Å². The number of methoxy groups -OCH3 is 1. The summed E-state index contributed by atoms with van der Waals surface area (Å²) >= 11 is 0. The Morgan fingerprint density at radius 2 is 1.61 bits per heavy atom. The van der Waals surface area contributed by atoms with E-state index in [0.29, 0.717) is 30.0 Å². The lowest BCUT2D eigenvalue weighted by atomic mass is 10.1. The highest BCUT2D eigenvalue weighted by Crippen LogP contribution is 2.23. The van der Waals surface area contributed by atoms with Crippen molar-refractivity contribution in [2.75, 3.05) is 56.2 Å². The first kappa shape index (κ1) is 22.5. The molecule has 0 aliphatic carbocycles. The smallest absolute Gasteiger partial charge is 0.339 e. The van der Waals surface area contributed by atoms with E-state index in [1.54, 1.807) is 47.5 Å². The maximum absolute atomic E-state index is 13.4. The lowest BCUT2D eigenvalue weighted by molar-refractivity contribution is 0.0601. The minimum Gasteiger partial charge on any atom is -0.465 e. The van der Waals surface area contributed by atoms with Gasteiger partial charge in [0.15, 0.2) is 0 Å². The second-order valence-corrected chi connectivity index (χ2v) is 7.84. The van der Waals surface area contributed by atoms with Crippen LogP contribution in [0.15, 0.2) is 79.0 Å². The molecule has 7 nitrogen and oxygen atoms in total. The molecule has 0 unspecified atom stereocenters. The molecule has 0 saturated carbocycles. The topological polar surface area (TPSA) is 66.0 Å². The third-order valence-electron chi connectivity index (χ3n) is 5.86. The van der Waals surface area contributed by atoms with Crippen LogP contribution in [-0.4, -0.2) is 68.1 Å².